The third-order valence-corrected chi connectivity index (χ3v) is 6.28. The topological polar surface area (TPSA) is 88.0 Å². The zero-order valence-electron chi connectivity index (χ0n) is 23.6. The molecule has 3 aromatic heterocycles. The van der Waals surface area contributed by atoms with Gasteiger partial charge in [0.1, 0.15) is 5.69 Å². The Morgan fingerprint density at radius 1 is 0.886 bits per heavy atom. The average molecular weight is 639 g/mol. The van der Waals surface area contributed by atoms with Crippen molar-refractivity contribution in [3.05, 3.63) is 113 Å². The van der Waals surface area contributed by atoms with Gasteiger partial charge in [0.05, 0.1) is 11.8 Å². The van der Waals surface area contributed by atoms with Crippen molar-refractivity contribution in [2.45, 2.75) is 44.1 Å². The molecule has 2 N–H and O–H groups in total. The number of nitrogens with zero attached hydrogens (tertiary/aromatic N) is 3. The number of aliphatic hydroxyl groups is 1. The molecule has 0 bridgehead atoms. The summed E-state index contributed by atoms with van der Waals surface area (Å²) in [4.78, 5) is 21.5. The highest BCUT2D eigenvalue weighted by molar-refractivity contribution is 7.59. The minimum Gasteiger partial charge on any atom is -0.387 e. The molecule has 1 aromatic carbocycles. The second-order valence-electron chi connectivity index (χ2n) is 9.62. The summed E-state index contributed by atoms with van der Waals surface area (Å²) in [5.41, 5.74) is 2.75. The minimum atomic E-state index is -4.64. The highest BCUT2D eigenvalue weighted by Crippen LogP contribution is 2.32. The van der Waals surface area contributed by atoms with Crippen LogP contribution >= 0.6 is 13.5 Å². The van der Waals surface area contributed by atoms with E-state index in [1.807, 2.05) is 55.5 Å². The Kier molecular flexibility index (Phi) is 14.0. The summed E-state index contributed by atoms with van der Waals surface area (Å²) in [5, 5.41) is 13.9. The summed E-state index contributed by atoms with van der Waals surface area (Å²) in [6, 6.07) is 21.1. The van der Waals surface area contributed by atoms with Crippen LogP contribution in [0.25, 0.3) is 11.3 Å². The molecule has 3 heterocycles. The summed E-state index contributed by atoms with van der Waals surface area (Å²) < 4.78 is 71.8. The molecule has 4 aromatic rings. The maximum atomic E-state index is 13.5. The van der Waals surface area contributed by atoms with E-state index in [1.165, 1.54) is 6.07 Å². The molecule has 0 saturated carbocycles. The van der Waals surface area contributed by atoms with Crippen LogP contribution in [-0.2, 0) is 11.0 Å². The van der Waals surface area contributed by atoms with Crippen LogP contribution in [0, 0.1) is 6.92 Å². The number of hydrogen-bond donors (Lipinski definition) is 2. The van der Waals surface area contributed by atoms with Gasteiger partial charge >= 0.3 is 12.4 Å². The molecule has 0 radical (unpaired) electrons. The first-order valence-corrected chi connectivity index (χ1v) is 13.3. The molecule has 0 amide bonds. The number of aromatic nitrogens is 3. The molecule has 0 aliphatic carbocycles. The van der Waals surface area contributed by atoms with Crippen molar-refractivity contribution in [3.8, 4) is 11.3 Å². The van der Waals surface area contributed by atoms with E-state index >= 15 is 0 Å². The number of carbonyl (C=O) groups excluding carboxylic acids is 1. The van der Waals surface area contributed by atoms with Gasteiger partial charge in [-0.25, -0.2) is 4.98 Å². The van der Waals surface area contributed by atoms with Crippen molar-refractivity contribution in [2.75, 3.05) is 13.1 Å². The van der Waals surface area contributed by atoms with E-state index in [1.54, 1.807) is 24.5 Å². The molecule has 0 aliphatic rings. The highest BCUT2D eigenvalue weighted by Gasteiger charge is 2.34. The summed E-state index contributed by atoms with van der Waals surface area (Å²) in [5.74, 6) is 0.0285. The number of aldehydes is 1. The van der Waals surface area contributed by atoms with Gasteiger partial charge in [-0.3, -0.25) is 14.8 Å². The van der Waals surface area contributed by atoms with Crippen molar-refractivity contribution < 1.29 is 36.2 Å². The van der Waals surface area contributed by atoms with Gasteiger partial charge in [0.25, 0.3) is 0 Å². The lowest BCUT2D eigenvalue weighted by molar-refractivity contribution is -0.156. The first-order chi connectivity index (χ1) is 20.4. The van der Waals surface area contributed by atoms with Gasteiger partial charge in [-0.05, 0) is 68.3 Å². The first-order valence-electron chi connectivity index (χ1n) is 13.3. The van der Waals surface area contributed by atoms with Gasteiger partial charge in [-0.15, -0.1) is 0 Å². The zero-order chi connectivity index (χ0) is 31.5. The van der Waals surface area contributed by atoms with E-state index in [0.29, 0.717) is 12.1 Å². The number of benzene rings is 1. The van der Waals surface area contributed by atoms with Crippen molar-refractivity contribution in [1.29, 1.82) is 0 Å². The molecule has 0 spiro atoms. The number of carbonyl (C=O) groups is 1. The first kappa shape index (κ1) is 36.4. The fraction of sp³-hybridized carbons (Fsp3) is 0.290. The van der Waals surface area contributed by atoms with Gasteiger partial charge in [-0.1, -0.05) is 42.0 Å². The van der Waals surface area contributed by atoms with Crippen LogP contribution in [0.3, 0.4) is 0 Å². The van der Waals surface area contributed by atoms with E-state index in [9.17, 15) is 31.4 Å². The molecule has 1 atom stereocenters. The van der Waals surface area contributed by atoms with Crippen LogP contribution < -0.4 is 5.32 Å². The average Bonchev–Trinajstić information content (AvgIpc) is 2.99. The molecule has 13 heteroatoms. The number of nitrogens with one attached hydrogen (secondary N) is 1. The number of halogens is 6. The predicted molar refractivity (Wildman–Crippen MR) is 159 cm³/mol. The summed E-state index contributed by atoms with van der Waals surface area (Å²) >= 11 is 0. The lowest BCUT2D eigenvalue weighted by atomic mass is 9.94. The van der Waals surface area contributed by atoms with E-state index in [4.69, 9.17) is 4.79 Å². The number of pyridine rings is 3. The van der Waals surface area contributed by atoms with Crippen molar-refractivity contribution in [3.63, 3.8) is 0 Å². The minimum absolute atomic E-state index is 0. The molecule has 236 valence electrons. The molecule has 44 heavy (non-hydrogen) atoms. The lowest BCUT2D eigenvalue weighted by Crippen LogP contribution is -2.23. The molecule has 0 saturated heterocycles. The standard InChI is InChI=1S/C29H29F3N4O.C2HF3O.H2S/c1-20-10-12-21(13-11-20)26-17-22(18-28(36-26)29(30,31)32)27(37)19-33-14-6-7-23(24-8-2-4-15-34-24)25-9-3-5-16-35-25;3-2(4,5)1-6;/h2-5,8-13,15-18,23,27,33,37H,6-7,14,19H2,1H3;1H;1H2/t27-;;/m1../s1. The molecule has 0 unspecified atom stereocenters. The van der Waals surface area contributed by atoms with Gasteiger partial charge in [-0.2, -0.15) is 39.8 Å². The third-order valence-electron chi connectivity index (χ3n) is 6.28. The normalized spacial score (nSPS) is 12.1. The maximum absolute atomic E-state index is 13.5. The molecular weight excluding hydrogens is 606 g/mol. The van der Waals surface area contributed by atoms with Crippen LogP contribution in [0.2, 0.25) is 0 Å². The van der Waals surface area contributed by atoms with E-state index in [0.717, 1.165) is 35.9 Å². The molecular formula is C31H32F6N4O2S. The van der Waals surface area contributed by atoms with Gasteiger partial charge in [0.15, 0.2) is 0 Å². The maximum Gasteiger partial charge on any atom is 0.446 e. The van der Waals surface area contributed by atoms with Crippen molar-refractivity contribution in [1.82, 2.24) is 20.3 Å². The van der Waals surface area contributed by atoms with Gasteiger partial charge in [0, 0.05) is 41.8 Å². The molecule has 0 aliphatic heterocycles. The fourth-order valence-electron chi connectivity index (χ4n) is 4.16. The van der Waals surface area contributed by atoms with E-state index in [-0.39, 0.29) is 37.2 Å². The Balaban J connectivity index is 0.000000877. The quantitative estimate of drug-likeness (QED) is 0.111. The summed E-state index contributed by atoms with van der Waals surface area (Å²) in [6.07, 6.45) is -6.37. The predicted octanol–water partition coefficient (Wildman–Crippen LogP) is 6.96. The Hall–Kier alpha value is -3.81. The number of aryl methyl sites for hydroxylation is 1. The van der Waals surface area contributed by atoms with Crippen LogP contribution in [0.4, 0.5) is 26.3 Å². The Morgan fingerprint density at radius 2 is 1.45 bits per heavy atom. The highest BCUT2D eigenvalue weighted by atomic mass is 32.1. The fourth-order valence-corrected chi connectivity index (χ4v) is 4.16. The number of hydrogen-bond acceptors (Lipinski definition) is 6. The summed E-state index contributed by atoms with van der Waals surface area (Å²) in [7, 11) is 0. The summed E-state index contributed by atoms with van der Waals surface area (Å²) in [6.45, 7) is 2.60. The molecule has 0 fully saturated rings. The van der Waals surface area contributed by atoms with Gasteiger partial charge in [0.2, 0.25) is 6.29 Å². The Bertz CT molecular complexity index is 1380. The van der Waals surface area contributed by atoms with Crippen molar-refractivity contribution in [2.24, 2.45) is 0 Å². The van der Waals surface area contributed by atoms with Gasteiger partial charge < -0.3 is 10.4 Å². The zero-order valence-corrected chi connectivity index (χ0v) is 24.6. The van der Waals surface area contributed by atoms with Crippen LogP contribution in [-0.4, -0.2) is 45.6 Å². The largest absolute Gasteiger partial charge is 0.446 e. The number of aliphatic hydroxyl groups excluding tert-OH is 1. The molecule has 6 nitrogen and oxygen atoms in total. The number of alkyl halides is 6. The van der Waals surface area contributed by atoms with Crippen molar-refractivity contribution >= 4 is 19.8 Å². The van der Waals surface area contributed by atoms with E-state index < -0.39 is 30.4 Å². The van der Waals surface area contributed by atoms with Crippen LogP contribution in [0.5, 0.6) is 0 Å². The second-order valence-corrected chi connectivity index (χ2v) is 9.62. The monoisotopic (exact) mass is 638 g/mol. The SMILES string of the molecule is Cc1ccc(-c2cc([C@H](O)CNCCCC(c3ccccn3)c3ccccn3)cc(C(F)(F)F)n2)cc1.O=CC(F)(F)F.S. The number of rotatable bonds is 10. The Labute approximate surface area is 258 Å². The van der Waals surface area contributed by atoms with E-state index in [2.05, 4.69) is 20.3 Å². The third kappa shape index (κ3) is 11.7. The van der Waals surface area contributed by atoms with Crippen LogP contribution in [0.15, 0.2) is 85.2 Å². The lowest BCUT2D eigenvalue weighted by Gasteiger charge is -2.18. The molecule has 4 rings (SSSR count). The Morgan fingerprint density at radius 3 is 1.93 bits per heavy atom. The smallest absolute Gasteiger partial charge is 0.387 e. The second kappa shape index (κ2) is 16.9. The van der Waals surface area contributed by atoms with Crippen LogP contribution in [0.1, 0.15) is 53.1 Å².